The Balaban J connectivity index is 4.34. The monoisotopic (exact) mass is 1120 g/mol. The molecule has 0 aromatic heterocycles. The molecule has 0 aromatic carbocycles. The summed E-state index contributed by atoms with van der Waals surface area (Å²) in [5.41, 5.74) is 0. The second-order valence-electron chi connectivity index (χ2n) is 21.6. The Morgan fingerprint density at radius 3 is 0.901 bits per heavy atom. The van der Waals surface area contributed by atoms with Crippen LogP contribution in [-0.2, 0) is 28.6 Å². The molecule has 0 N–H and O–H groups in total. The first-order valence-electron chi connectivity index (χ1n) is 33.3. The van der Waals surface area contributed by atoms with Gasteiger partial charge < -0.3 is 14.2 Å². The number of carbonyl (C=O) groups is 3. The molecule has 1 unspecified atom stereocenters. The number of hydrogen-bond acceptors (Lipinski definition) is 6. The Bertz CT molecular complexity index is 1760. The molecule has 0 aliphatic carbocycles. The standard InChI is InChI=1S/C75H122O6/c1-4-7-10-13-16-19-22-25-28-30-31-32-33-34-35-36-37-38-39-40-41-42-43-45-47-50-53-56-59-62-65-68-74(77)80-71-72(70-79-73(76)67-64-61-58-55-52-49-46-27-24-21-18-15-12-9-6-3)81-75(78)69-66-63-60-57-54-51-48-44-29-26-23-20-17-14-11-8-5-2/h8-9,11-12,17-18,20-22,25-27,29-31,46,48,51-52,55,57,60-61,64,72H,4-7,10,13-16,19,23-24,28,32-45,47,49-50,53-54,56,58-59,62-63,65-71H2,1-3H3/b11-8-,12-9-,20-17-,21-18-,25-22-,29-26-,31-30-,46-27-,51-48-,55-52-,60-57-,64-61-. The number of esters is 3. The normalized spacial score (nSPS) is 13.1. The molecular formula is C75H122O6. The first-order chi connectivity index (χ1) is 40.0. The largest absolute Gasteiger partial charge is 0.462 e. The zero-order chi connectivity index (χ0) is 58.5. The Kier molecular flexibility index (Phi) is 63.9. The van der Waals surface area contributed by atoms with Crippen molar-refractivity contribution >= 4 is 17.9 Å². The minimum Gasteiger partial charge on any atom is -0.462 e. The number of carbonyl (C=O) groups excluding carboxylic acids is 3. The van der Waals surface area contributed by atoms with E-state index in [1.165, 1.54) is 148 Å². The average molecular weight is 1120 g/mol. The van der Waals surface area contributed by atoms with Gasteiger partial charge in [0.05, 0.1) is 6.42 Å². The van der Waals surface area contributed by atoms with Crippen molar-refractivity contribution in [2.24, 2.45) is 0 Å². The molecule has 0 rings (SSSR count). The molecule has 0 spiro atoms. The summed E-state index contributed by atoms with van der Waals surface area (Å²) in [6.45, 7) is 6.28. The molecule has 6 heteroatoms. The fourth-order valence-corrected chi connectivity index (χ4v) is 8.94. The van der Waals surface area contributed by atoms with Crippen LogP contribution in [0.5, 0.6) is 0 Å². The van der Waals surface area contributed by atoms with Crippen molar-refractivity contribution in [1.29, 1.82) is 0 Å². The van der Waals surface area contributed by atoms with Gasteiger partial charge >= 0.3 is 17.9 Å². The number of rotatable bonds is 59. The van der Waals surface area contributed by atoms with Crippen molar-refractivity contribution in [2.75, 3.05) is 13.2 Å². The maximum Gasteiger partial charge on any atom is 0.309 e. The van der Waals surface area contributed by atoms with Crippen molar-refractivity contribution in [3.8, 4) is 0 Å². The van der Waals surface area contributed by atoms with Gasteiger partial charge in [0.2, 0.25) is 0 Å². The average Bonchev–Trinajstić information content (AvgIpc) is 3.47. The highest BCUT2D eigenvalue weighted by molar-refractivity contribution is 5.72. The third-order valence-electron chi connectivity index (χ3n) is 13.8. The van der Waals surface area contributed by atoms with E-state index in [0.29, 0.717) is 12.8 Å². The summed E-state index contributed by atoms with van der Waals surface area (Å²) in [5.74, 6) is -1.13. The molecule has 81 heavy (non-hydrogen) atoms. The lowest BCUT2D eigenvalue weighted by atomic mass is 10.0. The predicted molar refractivity (Wildman–Crippen MR) is 352 cm³/mol. The highest BCUT2D eigenvalue weighted by Crippen LogP contribution is 2.16. The zero-order valence-corrected chi connectivity index (χ0v) is 52.5. The van der Waals surface area contributed by atoms with Gasteiger partial charge in [0.15, 0.2) is 6.10 Å². The van der Waals surface area contributed by atoms with Gasteiger partial charge in [-0.3, -0.25) is 14.4 Å². The van der Waals surface area contributed by atoms with Crippen molar-refractivity contribution in [1.82, 2.24) is 0 Å². The third kappa shape index (κ3) is 66.0. The van der Waals surface area contributed by atoms with Gasteiger partial charge in [0.1, 0.15) is 13.2 Å². The summed E-state index contributed by atoms with van der Waals surface area (Å²) >= 11 is 0. The molecular weight excluding hydrogens is 997 g/mol. The second-order valence-corrected chi connectivity index (χ2v) is 21.6. The van der Waals surface area contributed by atoms with Gasteiger partial charge in [-0.05, 0) is 116 Å². The van der Waals surface area contributed by atoms with Gasteiger partial charge in [0.25, 0.3) is 0 Å². The van der Waals surface area contributed by atoms with Crippen molar-refractivity contribution in [3.05, 3.63) is 146 Å². The Morgan fingerprint density at radius 1 is 0.272 bits per heavy atom. The van der Waals surface area contributed by atoms with Crippen molar-refractivity contribution < 1.29 is 28.6 Å². The fourth-order valence-electron chi connectivity index (χ4n) is 8.94. The van der Waals surface area contributed by atoms with E-state index in [-0.39, 0.29) is 32.0 Å². The van der Waals surface area contributed by atoms with Crippen molar-refractivity contribution in [2.45, 2.75) is 297 Å². The molecule has 0 saturated carbocycles. The number of hydrogen-bond donors (Lipinski definition) is 0. The molecule has 1 atom stereocenters. The molecule has 0 bridgehead atoms. The molecule has 458 valence electrons. The van der Waals surface area contributed by atoms with Crippen molar-refractivity contribution in [3.63, 3.8) is 0 Å². The lowest BCUT2D eigenvalue weighted by Crippen LogP contribution is -2.30. The summed E-state index contributed by atoms with van der Waals surface area (Å²) in [6, 6.07) is 0. The quantitative estimate of drug-likeness (QED) is 0.0261. The van der Waals surface area contributed by atoms with Gasteiger partial charge in [-0.15, -0.1) is 0 Å². The highest BCUT2D eigenvalue weighted by atomic mass is 16.6. The van der Waals surface area contributed by atoms with Gasteiger partial charge in [-0.25, -0.2) is 0 Å². The van der Waals surface area contributed by atoms with Crippen LogP contribution in [-0.4, -0.2) is 37.2 Å². The molecule has 0 aliphatic rings. The van der Waals surface area contributed by atoms with Crippen LogP contribution in [0.3, 0.4) is 0 Å². The van der Waals surface area contributed by atoms with Crippen LogP contribution in [0.4, 0.5) is 0 Å². The zero-order valence-electron chi connectivity index (χ0n) is 52.5. The van der Waals surface area contributed by atoms with E-state index < -0.39 is 18.0 Å². The van der Waals surface area contributed by atoms with Crippen LogP contribution < -0.4 is 0 Å². The van der Waals surface area contributed by atoms with E-state index in [9.17, 15) is 14.4 Å². The topological polar surface area (TPSA) is 78.9 Å². The third-order valence-corrected chi connectivity index (χ3v) is 13.8. The predicted octanol–water partition coefficient (Wildman–Crippen LogP) is 23.1. The summed E-state index contributed by atoms with van der Waals surface area (Å²) in [5, 5.41) is 0. The van der Waals surface area contributed by atoms with E-state index in [2.05, 4.69) is 154 Å². The minimum atomic E-state index is -0.854. The molecule has 0 amide bonds. The molecule has 0 heterocycles. The van der Waals surface area contributed by atoms with Crippen LogP contribution >= 0.6 is 0 Å². The molecule has 0 aromatic rings. The van der Waals surface area contributed by atoms with E-state index >= 15 is 0 Å². The summed E-state index contributed by atoms with van der Waals surface area (Å²) in [4.78, 5) is 38.2. The van der Waals surface area contributed by atoms with Crippen LogP contribution in [0, 0.1) is 0 Å². The van der Waals surface area contributed by atoms with Gasteiger partial charge in [-0.2, -0.15) is 0 Å². The Labute approximate surface area is 499 Å². The number of unbranched alkanes of at least 4 members (excludes halogenated alkanes) is 25. The van der Waals surface area contributed by atoms with E-state index in [1.54, 1.807) is 6.08 Å². The van der Waals surface area contributed by atoms with Crippen LogP contribution in [0.1, 0.15) is 290 Å². The Hall–Kier alpha value is -4.71. The molecule has 0 radical (unpaired) electrons. The van der Waals surface area contributed by atoms with Gasteiger partial charge in [0, 0.05) is 12.8 Å². The first-order valence-corrected chi connectivity index (χ1v) is 33.3. The lowest BCUT2D eigenvalue weighted by Gasteiger charge is -2.18. The fraction of sp³-hybridized carbons (Fsp3) is 0.640. The highest BCUT2D eigenvalue weighted by Gasteiger charge is 2.19. The molecule has 6 nitrogen and oxygen atoms in total. The van der Waals surface area contributed by atoms with E-state index in [4.69, 9.17) is 14.2 Å². The SMILES string of the molecule is CC/C=C\C/C=C\C/C=C\C/C=C\C/C=C\CCCC(=O)OC(COC(=O)C/C=C\C/C=C\C/C=C\C/C=C\C/C=C\CC)COC(=O)CCCCCCCCCCCCCCCCCCCCC/C=C\C/C=C\CCCCCCC. The molecule has 0 fully saturated rings. The maximum atomic E-state index is 12.9. The van der Waals surface area contributed by atoms with E-state index in [0.717, 1.165) is 96.3 Å². The van der Waals surface area contributed by atoms with Crippen LogP contribution in [0.2, 0.25) is 0 Å². The van der Waals surface area contributed by atoms with Crippen LogP contribution in [0.25, 0.3) is 0 Å². The summed E-state index contributed by atoms with van der Waals surface area (Å²) < 4.78 is 16.8. The maximum absolute atomic E-state index is 12.9. The lowest BCUT2D eigenvalue weighted by molar-refractivity contribution is -0.166. The first kappa shape index (κ1) is 76.3. The van der Waals surface area contributed by atoms with Gasteiger partial charge in [-0.1, -0.05) is 301 Å². The van der Waals surface area contributed by atoms with Crippen LogP contribution in [0.15, 0.2) is 146 Å². The molecule has 0 aliphatic heterocycles. The molecule has 0 saturated heterocycles. The minimum absolute atomic E-state index is 0.110. The summed E-state index contributed by atoms with van der Waals surface area (Å²) in [6.07, 6.45) is 97.7. The Morgan fingerprint density at radius 2 is 0.543 bits per heavy atom. The number of allylic oxidation sites excluding steroid dienone is 23. The smallest absolute Gasteiger partial charge is 0.309 e. The number of ether oxygens (including phenoxy) is 3. The summed E-state index contributed by atoms with van der Waals surface area (Å²) in [7, 11) is 0. The second kappa shape index (κ2) is 67.8. The van der Waals surface area contributed by atoms with E-state index in [1.807, 2.05) is 6.08 Å².